The molecule has 0 radical (unpaired) electrons. The Morgan fingerprint density at radius 3 is 2.45 bits per heavy atom. The van der Waals surface area contributed by atoms with E-state index < -0.39 is 11.3 Å². The summed E-state index contributed by atoms with van der Waals surface area (Å²) in [6.07, 6.45) is 1.63. The Morgan fingerprint density at radius 2 is 1.90 bits per heavy atom. The van der Waals surface area contributed by atoms with Crippen LogP contribution in [-0.4, -0.2) is 38.0 Å². The molecule has 1 aromatic rings. The first kappa shape index (κ1) is 16.5. The Labute approximate surface area is 122 Å². The van der Waals surface area contributed by atoms with Gasteiger partial charge >= 0.3 is 6.03 Å². The molecule has 20 heavy (non-hydrogen) atoms. The molecule has 3 amide bonds. The van der Waals surface area contributed by atoms with Crippen LogP contribution in [0.5, 0.6) is 0 Å². The van der Waals surface area contributed by atoms with Gasteiger partial charge in [-0.05, 0) is 34.6 Å². The highest BCUT2D eigenvalue weighted by molar-refractivity contribution is 8.00. The second kappa shape index (κ2) is 7.28. The lowest BCUT2D eigenvalue weighted by Gasteiger charge is -2.14. The predicted molar refractivity (Wildman–Crippen MR) is 77.5 cm³/mol. The van der Waals surface area contributed by atoms with Gasteiger partial charge in [0.15, 0.2) is 5.16 Å². The van der Waals surface area contributed by atoms with Crippen molar-refractivity contribution in [2.45, 2.75) is 57.1 Å². The molecular weight excluding hydrogens is 278 g/mol. The highest BCUT2D eigenvalue weighted by Gasteiger charge is 2.20. The number of thioether (sulfide) groups is 1. The molecule has 8 heteroatoms. The maximum Gasteiger partial charge on any atom is 0.321 e. The van der Waals surface area contributed by atoms with E-state index in [1.807, 2.05) is 32.3 Å². The van der Waals surface area contributed by atoms with E-state index in [0.717, 1.165) is 0 Å². The summed E-state index contributed by atoms with van der Waals surface area (Å²) in [5, 5.41) is 13.0. The van der Waals surface area contributed by atoms with E-state index in [1.54, 1.807) is 13.3 Å². The zero-order valence-corrected chi connectivity index (χ0v) is 13.2. The molecule has 0 aliphatic rings. The number of urea groups is 1. The molecule has 0 bridgehead atoms. The minimum Gasteiger partial charge on any atom is -0.336 e. The van der Waals surface area contributed by atoms with Crippen molar-refractivity contribution < 1.29 is 9.59 Å². The fourth-order valence-electron chi connectivity index (χ4n) is 1.39. The van der Waals surface area contributed by atoms with E-state index in [9.17, 15) is 9.59 Å². The average Bonchev–Trinajstić information content (AvgIpc) is 2.75. The average molecular weight is 299 g/mol. The molecule has 1 rings (SSSR count). The summed E-state index contributed by atoms with van der Waals surface area (Å²) in [5.74, 6) is -0.355. The van der Waals surface area contributed by atoms with Crippen molar-refractivity contribution in [3.63, 3.8) is 0 Å². The van der Waals surface area contributed by atoms with E-state index in [4.69, 9.17) is 0 Å². The van der Waals surface area contributed by atoms with Crippen molar-refractivity contribution in [2.24, 2.45) is 0 Å². The van der Waals surface area contributed by atoms with Crippen LogP contribution in [-0.2, 0) is 4.79 Å². The normalized spacial score (nSPS) is 12.6. The highest BCUT2D eigenvalue weighted by atomic mass is 32.2. The number of hydrogen-bond donors (Lipinski definition) is 2. The smallest absolute Gasteiger partial charge is 0.321 e. The van der Waals surface area contributed by atoms with Gasteiger partial charge in [0, 0.05) is 12.1 Å². The summed E-state index contributed by atoms with van der Waals surface area (Å²) < 4.78 is 1.88. The highest BCUT2D eigenvalue weighted by Crippen LogP contribution is 2.23. The molecule has 0 aromatic carbocycles. The molecular formula is C12H21N5O2S. The molecule has 7 nitrogen and oxygen atoms in total. The Balaban J connectivity index is 2.57. The monoisotopic (exact) mass is 299 g/mol. The fraction of sp³-hybridized carbons (Fsp3) is 0.667. The Kier molecular flexibility index (Phi) is 6.00. The lowest BCUT2D eigenvalue weighted by Crippen LogP contribution is -2.45. The lowest BCUT2D eigenvalue weighted by atomic mass is 10.4. The van der Waals surface area contributed by atoms with Crippen molar-refractivity contribution >= 4 is 23.7 Å². The second-order valence-electron chi connectivity index (χ2n) is 4.99. The summed E-state index contributed by atoms with van der Waals surface area (Å²) in [6, 6.07) is -0.287. The first-order valence-electron chi connectivity index (χ1n) is 6.48. The zero-order valence-electron chi connectivity index (χ0n) is 12.4. The van der Waals surface area contributed by atoms with Gasteiger partial charge in [-0.3, -0.25) is 10.1 Å². The van der Waals surface area contributed by atoms with Gasteiger partial charge in [0.2, 0.25) is 5.91 Å². The first-order valence-corrected chi connectivity index (χ1v) is 7.36. The van der Waals surface area contributed by atoms with E-state index >= 15 is 0 Å². The quantitative estimate of drug-likeness (QED) is 0.806. The molecule has 0 aliphatic carbocycles. The number of carbonyl (C=O) groups excluding carboxylic acids is 2. The largest absolute Gasteiger partial charge is 0.336 e. The Morgan fingerprint density at radius 1 is 1.25 bits per heavy atom. The molecule has 1 aromatic heterocycles. The van der Waals surface area contributed by atoms with E-state index in [1.165, 1.54) is 11.8 Å². The molecule has 112 valence electrons. The standard InChI is InChI=1S/C12H21N5O2S/c1-7(2)14-11(19)15-10(18)9(5)20-12-16-13-6-17(12)8(3)4/h6-9H,1-5H3,(H2,14,15,18,19)/t9-/m0/s1. The number of imide groups is 1. The number of nitrogens with one attached hydrogen (secondary N) is 2. The molecule has 0 unspecified atom stereocenters. The molecule has 0 aliphatic heterocycles. The minimum absolute atomic E-state index is 0.0187. The molecule has 0 spiro atoms. The van der Waals surface area contributed by atoms with Crippen LogP contribution in [0.3, 0.4) is 0 Å². The SMILES string of the molecule is CC(C)NC(=O)NC(=O)[C@H](C)Sc1nncn1C(C)C. The van der Waals surface area contributed by atoms with E-state index in [2.05, 4.69) is 20.8 Å². The number of aromatic nitrogens is 3. The van der Waals surface area contributed by atoms with Gasteiger partial charge in [-0.15, -0.1) is 10.2 Å². The van der Waals surface area contributed by atoms with Crippen molar-refractivity contribution in [1.82, 2.24) is 25.4 Å². The zero-order chi connectivity index (χ0) is 15.3. The number of carbonyl (C=O) groups is 2. The molecule has 1 heterocycles. The fourth-order valence-corrected chi connectivity index (χ4v) is 2.35. The molecule has 2 N–H and O–H groups in total. The topological polar surface area (TPSA) is 88.9 Å². The van der Waals surface area contributed by atoms with E-state index in [-0.39, 0.29) is 18.0 Å². The summed E-state index contributed by atoms with van der Waals surface area (Å²) in [5.41, 5.74) is 0. The van der Waals surface area contributed by atoms with Crippen LogP contribution in [0.1, 0.15) is 40.7 Å². The number of amides is 3. The van der Waals surface area contributed by atoms with Gasteiger partial charge in [0.25, 0.3) is 0 Å². The molecule has 0 saturated carbocycles. The van der Waals surface area contributed by atoms with Crippen molar-refractivity contribution in [2.75, 3.05) is 0 Å². The van der Waals surface area contributed by atoms with Crippen LogP contribution in [0, 0.1) is 0 Å². The molecule has 0 saturated heterocycles. The van der Waals surface area contributed by atoms with Crippen LogP contribution in [0.15, 0.2) is 11.5 Å². The summed E-state index contributed by atoms with van der Waals surface area (Å²) >= 11 is 1.27. The van der Waals surface area contributed by atoms with Crippen LogP contribution >= 0.6 is 11.8 Å². The van der Waals surface area contributed by atoms with Crippen LogP contribution < -0.4 is 10.6 Å². The second-order valence-corrected chi connectivity index (χ2v) is 6.30. The maximum absolute atomic E-state index is 11.9. The van der Waals surface area contributed by atoms with Gasteiger partial charge in [0.1, 0.15) is 6.33 Å². The third-order valence-corrected chi connectivity index (χ3v) is 3.48. The van der Waals surface area contributed by atoms with Gasteiger partial charge in [0.05, 0.1) is 5.25 Å². The van der Waals surface area contributed by atoms with Crippen molar-refractivity contribution in [1.29, 1.82) is 0 Å². The lowest BCUT2D eigenvalue weighted by molar-refractivity contribution is -0.119. The van der Waals surface area contributed by atoms with Crippen LogP contribution in [0.25, 0.3) is 0 Å². The first-order chi connectivity index (χ1) is 9.31. The maximum atomic E-state index is 11.9. The number of nitrogens with zero attached hydrogens (tertiary/aromatic N) is 3. The van der Waals surface area contributed by atoms with Gasteiger partial charge in [-0.25, -0.2) is 4.79 Å². The predicted octanol–water partition coefficient (Wildman–Crippen LogP) is 1.57. The van der Waals surface area contributed by atoms with Crippen molar-refractivity contribution in [3.05, 3.63) is 6.33 Å². The third-order valence-electron chi connectivity index (χ3n) is 2.40. The summed E-state index contributed by atoms with van der Waals surface area (Å²) in [4.78, 5) is 23.4. The number of hydrogen-bond acceptors (Lipinski definition) is 5. The minimum atomic E-state index is -0.484. The summed E-state index contributed by atoms with van der Waals surface area (Å²) in [7, 11) is 0. The molecule has 0 fully saturated rings. The Bertz CT molecular complexity index is 472. The van der Waals surface area contributed by atoms with Crippen molar-refractivity contribution in [3.8, 4) is 0 Å². The van der Waals surface area contributed by atoms with E-state index in [0.29, 0.717) is 5.16 Å². The van der Waals surface area contributed by atoms with Gasteiger partial charge in [-0.2, -0.15) is 0 Å². The third kappa shape index (κ3) is 4.84. The van der Waals surface area contributed by atoms with Crippen LogP contribution in [0.2, 0.25) is 0 Å². The van der Waals surface area contributed by atoms with Gasteiger partial charge < -0.3 is 9.88 Å². The van der Waals surface area contributed by atoms with Crippen LogP contribution in [0.4, 0.5) is 4.79 Å². The number of rotatable bonds is 5. The molecule has 1 atom stereocenters. The summed E-state index contributed by atoms with van der Waals surface area (Å²) in [6.45, 7) is 9.39. The Hall–Kier alpha value is -1.57. The van der Waals surface area contributed by atoms with Gasteiger partial charge in [-0.1, -0.05) is 11.8 Å².